The number of rotatable bonds is 3. The van der Waals surface area contributed by atoms with E-state index < -0.39 is 5.38 Å². The van der Waals surface area contributed by atoms with Gasteiger partial charge in [-0.25, -0.2) is 0 Å². The molecule has 1 unspecified atom stereocenters. The highest BCUT2D eigenvalue weighted by Gasteiger charge is 2.18. The second-order valence-electron chi connectivity index (χ2n) is 3.71. The van der Waals surface area contributed by atoms with Crippen LogP contribution in [0.15, 0.2) is 52.4 Å². The Morgan fingerprint density at radius 2 is 1.94 bits per heavy atom. The summed E-state index contributed by atoms with van der Waals surface area (Å²) in [6.07, 6.45) is 0. The molecule has 0 fully saturated rings. The molecule has 0 aliphatic carbocycles. The summed E-state index contributed by atoms with van der Waals surface area (Å²) in [4.78, 5) is 5.30. The molecule has 3 rings (SSSR count). The van der Waals surface area contributed by atoms with E-state index in [-0.39, 0.29) is 0 Å². The summed E-state index contributed by atoms with van der Waals surface area (Å²) in [5, 5.41) is 5.51. The first-order valence-electron chi connectivity index (χ1n) is 5.41. The van der Waals surface area contributed by atoms with Crippen molar-refractivity contribution >= 4 is 22.9 Å². The second-order valence-corrected chi connectivity index (χ2v) is 5.09. The van der Waals surface area contributed by atoms with Crippen LogP contribution in [0.2, 0.25) is 0 Å². The predicted octanol–water partition coefficient (Wildman–Crippen LogP) is 4.13. The van der Waals surface area contributed by atoms with Crippen LogP contribution in [0.5, 0.6) is 0 Å². The summed E-state index contributed by atoms with van der Waals surface area (Å²) in [5.74, 6) is 1.01. The molecule has 2 aromatic heterocycles. The van der Waals surface area contributed by atoms with E-state index >= 15 is 0 Å². The normalized spacial score (nSPS) is 12.5. The van der Waals surface area contributed by atoms with Gasteiger partial charge in [0.2, 0.25) is 11.7 Å². The Kier molecular flexibility index (Phi) is 3.13. The highest BCUT2D eigenvalue weighted by molar-refractivity contribution is 7.13. The van der Waals surface area contributed by atoms with E-state index in [1.807, 2.05) is 47.8 Å². The summed E-state index contributed by atoms with van der Waals surface area (Å²) in [6, 6.07) is 13.6. The van der Waals surface area contributed by atoms with E-state index in [2.05, 4.69) is 10.1 Å². The monoisotopic (exact) mass is 276 g/mol. The van der Waals surface area contributed by atoms with Gasteiger partial charge in [-0.2, -0.15) is 4.98 Å². The third kappa shape index (κ3) is 2.17. The predicted molar refractivity (Wildman–Crippen MR) is 71.7 cm³/mol. The first kappa shape index (κ1) is 11.4. The molecule has 5 heteroatoms. The average molecular weight is 277 g/mol. The molecule has 0 radical (unpaired) electrons. The zero-order chi connectivity index (χ0) is 12.4. The summed E-state index contributed by atoms with van der Waals surface area (Å²) < 4.78 is 5.22. The van der Waals surface area contributed by atoms with Crippen molar-refractivity contribution in [2.75, 3.05) is 0 Å². The van der Waals surface area contributed by atoms with Crippen LogP contribution in [-0.4, -0.2) is 10.1 Å². The van der Waals surface area contributed by atoms with E-state index in [1.165, 1.54) is 0 Å². The van der Waals surface area contributed by atoms with Gasteiger partial charge >= 0.3 is 0 Å². The fourth-order valence-electron chi connectivity index (χ4n) is 1.61. The van der Waals surface area contributed by atoms with Gasteiger partial charge in [0.15, 0.2) is 0 Å². The Morgan fingerprint density at radius 1 is 1.11 bits per heavy atom. The number of thiophene rings is 1. The van der Waals surface area contributed by atoms with Gasteiger partial charge in [0.1, 0.15) is 5.38 Å². The van der Waals surface area contributed by atoms with E-state index in [1.54, 1.807) is 11.3 Å². The van der Waals surface area contributed by atoms with Crippen molar-refractivity contribution in [2.45, 2.75) is 5.38 Å². The molecular weight excluding hydrogens is 268 g/mol. The van der Waals surface area contributed by atoms with Crippen molar-refractivity contribution in [3.63, 3.8) is 0 Å². The number of hydrogen-bond acceptors (Lipinski definition) is 4. The topological polar surface area (TPSA) is 38.9 Å². The van der Waals surface area contributed by atoms with Crippen LogP contribution in [-0.2, 0) is 0 Å². The van der Waals surface area contributed by atoms with Crippen molar-refractivity contribution < 1.29 is 4.52 Å². The summed E-state index contributed by atoms with van der Waals surface area (Å²) in [5.41, 5.74) is 0.945. The first-order chi connectivity index (χ1) is 8.84. The van der Waals surface area contributed by atoms with Gasteiger partial charge in [0.05, 0.1) is 4.88 Å². The van der Waals surface area contributed by atoms with Crippen LogP contribution < -0.4 is 0 Å². The number of halogens is 1. The molecule has 3 nitrogen and oxygen atoms in total. The van der Waals surface area contributed by atoms with Crippen LogP contribution in [0.1, 0.15) is 16.8 Å². The lowest BCUT2D eigenvalue weighted by Gasteiger charge is -2.03. The molecule has 0 amide bonds. The molecule has 0 N–H and O–H groups in total. The van der Waals surface area contributed by atoms with Gasteiger partial charge in [-0.15, -0.1) is 22.9 Å². The molecule has 1 aromatic carbocycles. The van der Waals surface area contributed by atoms with Crippen LogP contribution in [0.4, 0.5) is 0 Å². The minimum absolute atomic E-state index is 0.410. The van der Waals surface area contributed by atoms with Crippen LogP contribution in [0, 0.1) is 0 Å². The van der Waals surface area contributed by atoms with E-state index in [4.69, 9.17) is 16.1 Å². The summed E-state index contributed by atoms with van der Waals surface area (Å²) in [6.45, 7) is 0. The SMILES string of the molecule is ClC(c1ccccc1)c1nc(-c2cccs2)no1. The average Bonchev–Trinajstić information content (AvgIpc) is 3.09. The number of nitrogens with zero attached hydrogens (tertiary/aromatic N) is 2. The Hall–Kier alpha value is -1.65. The lowest BCUT2D eigenvalue weighted by atomic mass is 10.1. The van der Waals surface area contributed by atoms with E-state index in [0.717, 1.165) is 10.4 Å². The van der Waals surface area contributed by atoms with Gasteiger partial charge in [-0.1, -0.05) is 41.6 Å². The molecule has 0 saturated carbocycles. The van der Waals surface area contributed by atoms with Crippen molar-refractivity contribution in [3.05, 3.63) is 59.3 Å². The number of hydrogen-bond donors (Lipinski definition) is 0. The van der Waals surface area contributed by atoms with Crippen LogP contribution >= 0.6 is 22.9 Å². The lowest BCUT2D eigenvalue weighted by molar-refractivity contribution is 0.383. The highest BCUT2D eigenvalue weighted by Crippen LogP contribution is 2.29. The molecule has 0 bridgehead atoms. The standard InChI is InChI=1S/C13H9ClN2OS/c14-11(9-5-2-1-3-6-9)13-15-12(16-17-13)10-7-4-8-18-10/h1-8,11H. The molecule has 1 atom stereocenters. The third-order valence-corrected chi connectivity index (χ3v) is 3.80. The zero-order valence-electron chi connectivity index (χ0n) is 9.29. The maximum atomic E-state index is 6.31. The molecule has 0 aliphatic rings. The number of alkyl halides is 1. The number of benzene rings is 1. The van der Waals surface area contributed by atoms with E-state index in [9.17, 15) is 0 Å². The maximum Gasteiger partial charge on any atom is 0.249 e. The Balaban J connectivity index is 1.90. The minimum atomic E-state index is -0.410. The van der Waals surface area contributed by atoms with Gasteiger partial charge in [0.25, 0.3) is 0 Å². The van der Waals surface area contributed by atoms with Gasteiger partial charge in [-0.05, 0) is 17.0 Å². The molecule has 0 saturated heterocycles. The molecule has 0 spiro atoms. The molecule has 18 heavy (non-hydrogen) atoms. The van der Waals surface area contributed by atoms with Gasteiger partial charge in [0, 0.05) is 0 Å². The van der Waals surface area contributed by atoms with Crippen molar-refractivity contribution in [1.82, 2.24) is 10.1 Å². The lowest BCUT2D eigenvalue weighted by Crippen LogP contribution is -1.92. The minimum Gasteiger partial charge on any atom is -0.337 e. The molecule has 90 valence electrons. The Bertz CT molecular complexity index is 622. The molecule has 2 heterocycles. The second kappa shape index (κ2) is 4.92. The van der Waals surface area contributed by atoms with Crippen molar-refractivity contribution in [2.24, 2.45) is 0 Å². The van der Waals surface area contributed by atoms with Gasteiger partial charge in [-0.3, -0.25) is 0 Å². The molecule has 0 aliphatic heterocycles. The fraction of sp³-hybridized carbons (Fsp3) is 0.0769. The van der Waals surface area contributed by atoms with Gasteiger partial charge < -0.3 is 4.52 Å². The fourth-order valence-corrected chi connectivity index (χ4v) is 2.49. The smallest absolute Gasteiger partial charge is 0.249 e. The van der Waals surface area contributed by atoms with Crippen molar-refractivity contribution in [1.29, 1.82) is 0 Å². The number of aromatic nitrogens is 2. The Morgan fingerprint density at radius 3 is 2.67 bits per heavy atom. The van der Waals surface area contributed by atoms with Crippen LogP contribution in [0.3, 0.4) is 0 Å². The largest absolute Gasteiger partial charge is 0.337 e. The van der Waals surface area contributed by atoms with E-state index in [0.29, 0.717) is 11.7 Å². The summed E-state index contributed by atoms with van der Waals surface area (Å²) in [7, 11) is 0. The molecule has 3 aromatic rings. The van der Waals surface area contributed by atoms with Crippen molar-refractivity contribution in [3.8, 4) is 10.7 Å². The van der Waals surface area contributed by atoms with Crippen LogP contribution in [0.25, 0.3) is 10.7 Å². The zero-order valence-corrected chi connectivity index (χ0v) is 10.9. The highest BCUT2D eigenvalue weighted by atomic mass is 35.5. The quantitative estimate of drug-likeness (QED) is 0.675. The summed E-state index contributed by atoms with van der Waals surface area (Å²) >= 11 is 7.88. The third-order valence-electron chi connectivity index (χ3n) is 2.49. The maximum absolute atomic E-state index is 6.31. The molecular formula is C13H9ClN2OS. The Labute approximate surface area is 113 Å². The first-order valence-corrected chi connectivity index (χ1v) is 6.73.